The Kier molecular flexibility index (Phi) is 31.0. The lowest BCUT2D eigenvalue weighted by Gasteiger charge is -2.12. The van der Waals surface area contributed by atoms with Crippen LogP contribution >= 0.6 is 0 Å². The zero-order valence-corrected chi connectivity index (χ0v) is 27.7. The minimum absolute atomic E-state index is 0.109. The van der Waals surface area contributed by atoms with Crippen LogP contribution in [0.4, 0.5) is 0 Å². The van der Waals surface area contributed by atoms with E-state index >= 15 is 0 Å². The van der Waals surface area contributed by atoms with E-state index in [2.05, 4.69) is 20.8 Å². The number of hydrogen-bond acceptors (Lipinski definition) is 5. The van der Waals surface area contributed by atoms with Gasteiger partial charge in [-0.3, -0.25) is 9.59 Å². The summed E-state index contributed by atoms with van der Waals surface area (Å²) in [4.78, 5) is 23.8. The highest BCUT2D eigenvalue weighted by Gasteiger charge is 2.12. The molecule has 0 aliphatic rings. The topological polar surface area (TPSA) is 72.8 Å². The van der Waals surface area contributed by atoms with Gasteiger partial charge in [0.25, 0.3) is 0 Å². The van der Waals surface area contributed by atoms with Crippen LogP contribution in [0.25, 0.3) is 0 Å². The molecule has 0 amide bonds. The van der Waals surface area contributed by atoms with Crippen LogP contribution in [0.3, 0.4) is 0 Å². The van der Waals surface area contributed by atoms with E-state index in [1.54, 1.807) is 0 Å². The maximum Gasteiger partial charge on any atom is 0.305 e. The molecule has 0 aromatic rings. The zero-order valence-electron chi connectivity index (χ0n) is 27.7. The van der Waals surface area contributed by atoms with Gasteiger partial charge in [-0.15, -0.1) is 0 Å². The van der Waals surface area contributed by atoms with E-state index in [4.69, 9.17) is 9.47 Å². The molecule has 41 heavy (non-hydrogen) atoms. The van der Waals surface area contributed by atoms with Gasteiger partial charge in [0, 0.05) is 12.8 Å². The summed E-state index contributed by atoms with van der Waals surface area (Å²) in [7, 11) is 0. The fourth-order valence-electron chi connectivity index (χ4n) is 5.24. The number of unbranched alkanes of at least 4 members (excludes halogenated alkanes) is 21. The lowest BCUT2D eigenvalue weighted by atomic mass is 9.99. The summed E-state index contributed by atoms with van der Waals surface area (Å²) in [5.41, 5.74) is 0. The van der Waals surface area contributed by atoms with Crippen molar-refractivity contribution in [3.05, 3.63) is 0 Å². The monoisotopic (exact) mass is 583 g/mol. The van der Waals surface area contributed by atoms with E-state index in [0.29, 0.717) is 12.8 Å². The summed E-state index contributed by atoms with van der Waals surface area (Å²) in [5, 5.41) is 9.95. The molecule has 1 N–H and O–H groups in total. The van der Waals surface area contributed by atoms with E-state index in [-0.39, 0.29) is 25.2 Å². The summed E-state index contributed by atoms with van der Waals surface area (Å²) < 4.78 is 10.3. The van der Waals surface area contributed by atoms with Crippen LogP contribution in [0.15, 0.2) is 0 Å². The van der Waals surface area contributed by atoms with Crippen LogP contribution in [-0.4, -0.2) is 36.4 Å². The first-order valence-electron chi connectivity index (χ1n) is 18.0. The molecule has 1 unspecified atom stereocenters. The van der Waals surface area contributed by atoms with Crippen molar-refractivity contribution < 1.29 is 24.2 Å². The van der Waals surface area contributed by atoms with Crippen LogP contribution in [0.5, 0.6) is 0 Å². The number of aliphatic hydroxyl groups excluding tert-OH is 1. The van der Waals surface area contributed by atoms with Gasteiger partial charge in [0.2, 0.25) is 0 Å². The average Bonchev–Trinajstić information content (AvgIpc) is 2.97. The van der Waals surface area contributed by atoms with Crippen LogP contribution in [0.2, 0.25) is 0 Å². The smallest absolute Gasteiger partial charge is 0.305 e. The molecule has 0 aromatic carbocycles. The molecule has 0 aliphatic heterocycles. The van der Waals surface area contributed by atoms with Gasteiger partial charge < -0.3 is 14.6 Å². The van der Waals surface area contributed by atoms with Crippen molar-refractivity contribution in [1.29, 1.82) is 0 Å². The number of carbonyl (C=O) groups excluding carboxylic acids is 2. The van der Waals surface area contributed by atoms with Gasteiger partial charge in [0.1, 0.15) is 19.3 Å². The largest absolute Gasteiger partial charge is 0.463 e. The normalized spacial score (nSPS) is 12.8. The van der Waals surface area contributed by atoms with Gasteiger partial charge in [-0.1, -0.05) is 168 Å². The summed E-state index contributed by atoms with van der Waals surface area (Å²) >= 11 is 0. The molecular formula is C36H70O5. The van der Waals surface area contributed by atoms with Crippen molar-refractivity contribution in [2.24, 2.45) is 5.92 Å². The molecule has 0 heterocycles. The molecule has 0 radical (unpaired) electrons. The Labute approximate surface area is 255 Å². The van der Waals surface area contributed by atoms with Gasteiger partial charge in [-0.05, 0) is 18.8 Å². The highest BCUT2D eigenvalue weighted by atomic mass is 16.6. The average molecular weight is 583 g/mol. The Morgan fingerprint density at radius 2 is 0.829 bits per heavy atom. The van der Waals surface area contributed by atoms with E-state index < -0.39 is 6.10 Å². The van der Waals surface area contributed by atoms with E-state index in [0.717, 1.165) is 38.0 Å². The Balaban J connectivity index is 3.38. The van der Waals surface area contributed by atoms with Crippen LogP contribution in [0, 0.1) is 5.92 Å². The van der Waals surface area contributed by atoms with Crippen LogP contribution < -0.4 is 0 Å². The minimum atomic E-state index is -0.953. The molecule has 0 saturated heterocycles. The molecule has 0 rings (SSSR count). The van der Waals surface area contributed by atoms with Gasteiger partial charge in [0.05, 0.1) is 0 Å². The fourth-order valence-corrected chi connectivity index (χ4v) is 5.24. The van der Waals surface area contributed by atoms with Crippen molar-refractivity contribution in [3.8, 4) is 0 Å². The Bertz CT molecular complexity index is 564. The van der Waals surface area contributed by atoms with Crippen molar-refractivity contribution in [2.75, 3.05) is 13.2 Å². The highest BCUT2D eigenvalue weighted by molar-refractivity contribution is 5.69. The predicted octanol–water partition coefficient (Wildman–Crippen LogP) is 10.6. The number of hydrogen-bond donors (Lipinski definition) is 1. The van der Waals surface area contributed by atoms with Gasteiger partial charge in [0.15, 0.2) is 0 Å². The molecule has 2 atom stereocenters. The van der Waals surface area contributed by atoms with Gasteiger partial charge in [-0.2, -0.15) is 0 Å². The van der Waals surface area contributed by atoms with E-state index in [1.165, 1.54) is 128 Å². The Morgan fingerprint density at radius 1 is 0.512 bits per heavy atom. The lowest BCUT2D eigenvalue weighted by molar-refractivity contribution is -0.152. The lowest BCUT2D eigenvalue weighted by Crippen LogP contribution is -2.25. The highest BCUT2D eigenvalue weighted by Crippen LogP contribution is 2.16. The van der Waals surface area contributed by atoms with Crippen molar-refractivity contribution in [1.82, 2.24) is 0 Å². The maximum absolute atomic E-state index is 11.9. The Hall–Kier alpha value is -1.10. The summed E-state index contributed by atoms with van der Waals surface area (Å²) in [6.45, 7) is 6.68. The Morgan fingerprint density at radius 3 is 1.17 bits per heavy atom. The first-order valence-corrected chi connectivity index (χ1v) is 18.0. The number of aliphatic hydroxyl groups is 1. The standard InChI is InChI=1S/C36H70O5/c1-4-6-7-8-9-16-20-23-26-29-35(38)40-31-34(37)32-41-36(39)30-27-24-21-18-15-13-11-10-12-14-17-19-22-25-28-33(3)5-2/h33-34,37H,4-32H2,1-3H3/t33?,34-/m1/s1. The second-order valence-electron chi connectivity index (χ2n) is 12.6. The zero-order chi connectivity index (χ0) is 30.2. The molecule has 244 valence electrons. The van der Waals surface area contributed by atoms with Gasteiger partial charge in [-0.25, -0.2) is 0 Å². The molecule has 0 saturated carbocycles. The molecule has 0 spiro atoms. The molecule has 5 nitrogen and oxygen atoms in total. The summed E-state index contributed by atoms with van der Waals surface area (Å²) in [5.74, 6) is 0.345. The second-order valence-corrected chi connectivity index (χ2v) is 12.6. The predicted molar refractivity (Wildman–Crippen MR) is 173 cm³/mol. The molecule has 5 heteroatoms. The molecule has 0 bridgehead atoms. The molecule has 0 aliphatic carbocycles. The maximum atomic E-state index is 11.9. The quantitative estimate of drug-likeness (QED) is 0.0631. The SMILES string of the molecule is CCCCCCCCCCCC(=O)OC[C@@H](O)COC(=O)CCCCCCCCCCCCCCCCC(C)CC. The third-order valence-corrected chi connectivity index (χ3v) is 8.38. The van der Waals surface area contributed by atoms with Crippen molar-refractivity contribution in [3.63, 3.8) is 0 Å². The number of esters is 2. The molecule has 0 aromatic heterocycles. The van der Waals surface area contributed by atoms with E-state index in [9.17, 15) is 14.7 Å². The molecule has 0 fully saturated rings. The third kappa shape index (κ3) is 31.7. The number of carbonyl (C=O) groups is 2. The fraction of sp³-hybridized carbons (Fsp3) is 0.944. The second kappa shape index (κ2) is 31.8. The third-order valence-electron chi connectivity index (χ3n) is 8.38. The number of ether oxygens (including phenoxy) is 2. The first kappa shape index (κ1) is 39.9. The summed E-state index contributed by atoms with van der Waals surface area (Å²) in [6.07, 6.45) is 31.5. The van der Waals surface area contributed by atoms with Crippen molar-refractivity contribution in [2.45, 2.75) is 200 Å². The van der Waals surface area contributed by atoms with E-state index in [1.807, 2.05) is 0 Å². The van der Waals surface area contributed by atoms with Crippen molar-refractivity contribution >= 4 is 11.9 Å². The minimum Gasteiger partial charge on any atom is -0.463 e. The van der Waals surface area contributed by atoms with Crippen LogP contribution in [0.1, 0.15) is 194 Å². The molecular weight excluding hydrogens is 512 g/mol. The van der Waals surface area contributed by atoms with Crippen LogP contribution in [-0.2, 0) is 19.1 Å². The number of rotatable bonds is 32. The first-order chi connectivity index (χ1) is 20.0. The van der Waals surface area contributed by atoms with Gasteiger partial charge >= 0.3 is 11.9 Å². The summed E-state index contributed by atoms with van der Waals surface area (Å²) in [6, 6.07) is 0.